The fraction of sp³-hybridized carbons (Fsp3) is 0.967. The molecule has 0 aromatic carbocycles. The minimum Gasteiger partial charge on any atom is -0.0654 e. The minimum absolute atomic E-state index is 0.719. The van der Waals surface area contributed by atoms with Gasteiger partial charge in [-0.3, -0.25) is 0 Å². The zero-order chi connectivity index (χ0) is 22.0. The fourth-order valence-electron chi connectivity index (χ4n) is 4.69. The van der Waals surface area contributed by atoms with Gasteiger partial charge >= 0.3 is 0 Å². The Bertz CT molecular complexity index is 282. The zero-order valence-corrected chi connectivity index (χ0v) is 21.7. The Balaban J connectivity index is 3.12. The van der Waals surface area contributed by atoms with Gasteiger partial charge in [-0.05, 0) is 5.92 Å². The number of rotatable bonds is 26. The van der Waals surface area contributed by atoms with E-state index in [4.69, 9.17) is 0 Å². The van der Waals surface area contributed by atoms with Crippen LogP contribution in [0.15, 0.2) is 0 Å². The van der Waals surface area contributed by atoms with Crippen LogP contribution in [0.1, 0.15) is 181 Å². The summed E-state index contributed by atoms with van der Waals surface area (Å²) in [6.07, 6.45) is 37.6. The van der Waals surface area contributed by atoms with Gasteiger partial charge in [-0.15, -0.1) is 0 Å². The van der Waals surface area contributed by atoms with Crippen LogP contribution in [0, 0.1) is 12.8 Å². The highest BCUT2D eigenvalue weighted by Crippen LogP contribution is 2.19. The van der Waals surface area contributed by atoms with Crippen molar-refractivity contribution in [2.75, 3.05) is 0 Å². The molecule has 0 aromatic rings. The van der Waals surface area contributed by atoms with Crippen LogP contribution >= 0.6 is 0 Å². The van der Waals surface area contributed by atoms with Gasteiger partial charge in [0.05, 0.1) is 0 Å². The molecule has 0 aliphatic carbocycles. The maximum Gasteiger partial charge on any atom is -0.0414 e. The molecule has 0 spiro atoms. The van der Waals surface area contributed by atoms with Crippen LogP contribution in [-0.2, 0) is 0 Å². The summed E-state index contributed by atoms with van der Waals surface area (Å²) >= 11 is 0. The summed E-state index contributed by atoms with van der Waals surface area (Å²) in [4.78, 5) is 0. The molecular formula is C30H61. The smallest absolute Gasteiger partial charge is 0.0414 e. The highest BCUT2D eigenvalue weighted by molar-refractivity contribution is 4.62. The maximum absolute atomic E-state index is 4.41. The van der Waals surface area contributed by atoms with Crippen molar-refractivity contribution in [3.63, 3.8) is 0 Å². The van der Waals surface area contributed by atoms with Gasteiger partial charge in [-0.1, -0.05) is 188 Å². The molecule has 0 bridgehead atoms. The molecule has 1 unspecified atom stereocenters. The third-order valence-corrected chi connectivity index (χ3v) is 6.93. The molecule has 0 saturated heterocycles. The van der Waals surface area contributed by atoms with E-state index in [1.165, 1.54) is 167 Å². The van der Waals surface area contributed by atoms with E-state index in [9.17, 15) is 0 Å². The van der Waals surface area contributed by atoms with Gasteiger partial charge < -0.3 is 0 Å². The molecule has 0 N–H and O–H groups in total. The molecule has 0 nitrogen and oxygen atoms in total. The molecule has 0 aliphatic rings. The standard InChI is InChI=1S/C30H61/c1-4-6-8-10-12-14-16-17-18-19-21-23-25-27-29-30(3)28-26-24-22-20-15-13-11-9-7-5-2/h30H,3-29H2,1-2H3. The molecular weight excluding hydrogens is 360 g/mol. The van der Waals surface area contributed by atoms with Crippen LogP contribution in [0.2, 0.25) is 0 Å². The van der Waals surface area contributed by atoms with Crippen LogP contribution in [0.3, 0.4) is 0 Å². The largest absolute Gasteiger partial charge is 0.0654 e. The highest BCUT2D eigenvalue weighted by atomic mass is 14.1. The lowest BCUT2D eigenvalue weighted by Gasteiger charge is -2.11. The Morgan fingerprint density at radius 1 is 0.333 bits per heavy atom. The summed E-state index contributed by atoms with van der Waals surface area (Å²) in [7, 11) is 0. The predicted octanol–water partition coefficient (Wildman–Crippen LogP) is 11.6. The molecule has 181 valence electrons. The van der Waals surface area contributed by atoms with Crippen molar-refractivity contribution < 1.29 is 0 Å². The second-order valence-corrected chi connectivity index (χ2v) is 10.2. The molecule has 0 aromatic heterocycles. The maximum atomic E-state index is 4.41. The predicted molar refractivity (Wildman–Crippen MR) is 140 cm³/mol. The molecule has 0 heterocycles. The van der Waals surface area contributed by atoms with Crippen molar-refractivity contribution in [3.8, 4) is 0 Å². The summed E-state index contributed by atoms with van der Waals surface area (Å²) in [6.45, 7) is 9.02. The average Bonchev–Trinajstić information content (AvgIpc) is 2.75. The van der Waals surface area contributed by atoms with Gasteiger partial charge in [0.25, 0.3) is 0 Å². The highest BCUT2D eigenvalue weighted by Gasteiger charge is 2.02. The van der Waals surface area contributed by atoms with Gasteiger partial charge in [-0.25, -0.2) is 0 Å². The third kappa shape index (κ3) is 26.0. The van der Waals surface area contributed by atoms with Crippen LogP contribution in [0.4, 0.5) is 0 Å². The Hall–Kier alpha value is 0. The van der Waals surface area contributed by atoms with Crippen molar-refractivity contribution in [2.45, 2.75) is 181 Å². The lowest BCUT2D eigenvalue weighted by atomic mass is 9.95. The van der Waals surface area contributed by atoms with E-state index >= 15 is 0 Å². The van der Waals surface area contributed by atoms with Crippen molar-refractivity contribution in [3.05, 3.63) is 6.92 Å². The van der Waals surface area contributed by atoms with Gasteiger partial charge in [0.15, 0.2) is 0 Å². The van der Waals surface area contributed by atoms with E-state index in [2.05, 4.69) is 20.8 Å². The van der Waals surface area contributed by atoms with Gasteiger partial charge in [-0.2, -0.15) is 0 Å². The van der Waals surface area contributed by atoms with Gasteiger partial charge in [0.2, 0.25) is 0 Å². The second-order valence-electron chi connectivity index (χ2n) is 10.2. The molecule has 0 aliphatic heterocycles. The van der Waals surface area contributed by atoms with Crippen LogP contribution in [0.5, 0.6) is 0 Å². The van der Waals surface area contributed by atoms with Crippen molar-refractivity contribution in [1.29, 1.82) is 0 Å². The lowest BCUT2D eigenvalue weighted by Crippen LogP contribution is -1.95. The second kappa shape index (κ2) is 27.0. The topological polar surface area (TPSA) is 0 Å². The molecule has 0 fully saturated rings. The SMILES string of the molecule is [CH2]C(CCCCCCCCCCCC)CCCCCCCCCCCCCCCC. The fourth-order valence-corrected chi connectivity index (χ4v) is 4.69. The first-order valence-corrected chi connectivity index (χ1v) is 14.6. The molecule has 0 heteroatoms. The first-order chi connectivity index (χ1) is 14.8. The monoisotopic (exact) mass is 421 g/mol. The summed E-state index contributed by atoms with van der Waals surface area (Å²) < 4.78 is 0. The minimum atomic E-state index is 0.719. The normalized spacial score (nSPS) is 12.5. The molecule has 0 rings (SSSR count). The first kappa shape index (κ1) is 30.0. The summed E-state index contributed by atoms with van der Waals surface area (Å²) in [5.74, 6) is 0.719. The van der Waals surface area contributed by atoms with Crippen LogP contribution in [-0.4, -0.2) is 0 Å². The Morgan fingerprint density at radius 3 is 0.767 bits per heavy atom. The quantitative estimate of drug-likeness (QED) is 0.122. The molecule has 30 heavy (non-hydrogen) atoms. The van der Waals surface area contributed by atoms with Crippen molar-refractivity contribution in [2.24, 2.45) is 5.92 Å². The van der Waals surface area contributed by atoms with E-state index in [0.717, 1.165) is 5.92 Å². The van der Waals surface area contributed by atoms with E-state index < -0.39 is 0 Å². The number of unbranched alkanes of at least 4 members (excludes halogenated alkanes) is 22. The van der Waals surface area contributed by atoms with E-state index in [1.807, 2.05) is 0 Å². The third-order valence-electron chi connectivity index (χ3n) is 6.93. The molecule has 1 radical (unpaired) electrons. The van der Waals surface area contributed by atoms with Crippen LogP contribution < -0.4 is 0 Å². The molecule has 1 atom stereocenters. The van der Waals surface area contributed by atoms with E-state index in [0.29, 0.717) is 0 Å². The first-order valence-electron chi connectivity index (χ1n) is 14.6. The Kier molecular flexibility index (Phi) is 27.0. The van der Waals surface area contributed by atoms with Gasteiger partial charge in [0, 0.05) is 0 Å². The van der Waals surface area contributed by atoms with E-state index in [-0.39, 0.29) is 0 Å². The zero-order valence-electron chi connectivity index (χ0n) is 21.7. The molecule has 0 amide bonds. The van der Waals surface area contributed by atoms with Crippen LogP contribution in [0.25, 0.3) is 0 Å². The molecule has 0 saturated carbocycles. The number of hydrogen-bond acceptors (Lipinski definition) is 0. The van der Waals surface area contributed by atoms with E-state index in [1.54, 1.807) is 0 Å². The van der Waals surface area contributed by atoms with Crippen molar-refractivity contribution >= 4 is 0 Å². The summed E-state index contributed by atoms with van der Waals surface area (Å²) in [5, 5.41) is 0. The summed E-state index contributed by atoms with van der Waals surface area (Å²) in [5.41, 5.74) is 0. The number of hydrogen-bond donors (Lipinski definition) is 0. The Labute approximate surface area is 193 Å². The lowest BCUT2D eigenvalue weighted by molar-refractivity contribution is 0.459. The van der Waals surface area contributed by atoms with Crippen molar-refractivity contribution in [1.82, 2.24) is 0 Å². The average molecular weight is 422 g/mol. The Morgan fingerprint density at radius 2 is 0.533 bits per heavy atom. The van der Waals surface area contributed by atoms with Gasteiger partial charge in [0.1, 0.15) is 0 Å². The summed E-state index contributed by atoms with van der Waals surface area (Å²) in [6, 6.07) is 0.